The lowest BCUT2D eigenvalue weighted by Gasteiger charge is -2.08. The molecule has 1 aromatic carbocycles. The summed E-state index contributed by atoms with van der Waals surface area (Å²) >= 11 is 0. The van der Waals surface area contributed by atoms with E-state index in [0.29, 0.717) is 24.3 Å². The number of ether oxygens (including phenoxy) is 1. The van der Waals surface area contributed by atoms with Gasteiger partial charge in [0.15, 0.2) is 0 Å². The highest BCUT2D eigenvalue weighted by molar-refractivity contribution is 8.13. The summed E-state index contributed by atoms with van der Waals surface area (Å²) in [6.07, 6.45) is 1.70. The van der Waals surface area contributed by atoms with Gasteiger partial charge in [-0.1, -0.05) is 0 Å². The third-order valence-electron chi connectivity index (χ3n) is 2.78. The quantitative estimate of drug-likeness (QED) is 0.617. The normalized spacial score (nSPS) is 11.3. The fraction of sp³-hybridized carbons (Fsp3) is 0.462. The monoisotopic (exact) mass is 319 g/mol. The molecule has 0 unspecified atom stereocenters. The van der Waals surface area contributed by atoms with Crippen molar-refractivity contribution in [1.82, 2.24) is 5.32 Å². The van der Waals surface area contributed by atoms with Gasteiger partial charge in [-0.15, -0.1) is 0 Å². The number of methoxy groups -OCH3 is 1. The molecule has 0 aliphatic heterocycles. The summed E-state index contributed by atoms with van der Waals surface area (Å²) in [5.74, 6) is -0.224. The van der Waals surface area contributed by atoms with Gasteiger partial charge in [0.1, 0.15) is 0 Å². The number of hydrogen-bond donors (Lipinski definition) is 1. The summed E-state index contributed by atoms with van der Waals surface area (Å²) in [6.45, 7) is 2.89. The van der Waals surface area contributed by atoms with E-state index in [2.05, 4.69) is 5.32 Å². The molecule has 0 heterocycles. The summed E-state index contributed by atoms with van der Waals surface area (Å²) in [5.41, 5.74) is 1.02. The molecule has 0 fully saturated rings. The van der Waals surface area contributed by atoms with Crippen LogP contribution in [0.3, 0.4) is 0 Å². The first-order valence-corrected chi connectivity index (χ1v) is 8.49. The lowest BCUT2D eigenvalue weighted by atomic mass is 10.1. The van der Waals surface area contributed by atoms with Gasteiger partial charge in [-0.3, -0.25) is 4.79 Å². The molecular formula is C13H18ClNO4S. The van der Waals surface area contributed by atoms with Crippen molar-refractivity contribution in [2.75, 3.05) is 20.3 Å². The average molecular weight is 320 g/mol. The Bertz CT molecular complexity index is 572. The smallest absolute Gasteiger partial charge is 0.261 e. The molecule has 0 aliphatic carbocycles. The second-order valence-corrected chi connectivity index (χ2v) is 6.94. The Morgan fingerprint density at radius 1 is 1.35 bits per heavy atom. The van der Waals surface area contributed by atoms with Crippen LogP contribution < -0.4 is 5.32 Å². The molecule has 20 heavy (non-hydrogen) atoms. The number of benzene rings is 1. The van der Waals surface area contributed by atoms with Gasteiger partial charge in [0.05, 0.1) is 4.90 Å². The molecule has 7 heteroatoms. The van der Waals surface area contributed by atoms with Crippen molar-refractivity contribution < 1.29 is 17.9 Å². The van der Waals surface area contributed by atoms with Crippen LogP contribution in [0.25, 0.3) is 0 Å². The fourth-order valence-corrected chi connectivity index (χ4v) is 2.55. The van der Waals surface area contributed by atoms with E-state index in [9.17, 15) is 13.2 Å². The zero-order valence-corrected chi connectivity index (χ0v) is 13.1. The molecule has 1 N–H and O–H groups in total. The molecule has 0 aromatic heterocycles. The molecule has 5 nitrogen and oxygen atoms in total. The summed E-state index contributed by atoms with van der Waals surface area (Å²) in [7, 11) is 3.12. The Morgan fingerprint density at radius 2 is 2.05 bits per heavy atom. The predicted molar refractivity (Wildman–Crippen MR) is 77.7 cm³/mol. The number of carbonyl (C=O) groups is 1. The van der Waals surface area contributed by atoms with Crippen LogP contribution in [0.4, 0.5) is 0 Å². The van der Waals surface area contributed by atoms with E-state index in [1.165, 1.54) is 18.2 Å². The number of carbonyl (C=O) groups excluding carboxylic acids is 1. The molecule has 0 saturated carbocycles. The summed E-state index contributed by atoms with van der Waals surface area (Å²) in [5, 5.41) is 2.78. The van der Waals surface area contributed by atoms with E-state index >= 15 is 0 Å². The first-order valence-electron chi connectivity index (χ1n) is 6.18. The number of unbranched alkanes of at least 4 members (excludes halogenated alkanes) is 1. The molecule has 0 saturated heterocycles. The van der Waals surface area contributed by atoms with Gasteiger partial charge in [0, 0.05) is 36.5 Å². The van der Waals surface area contributed by atoms with Gasteiger partial charge in [0.2, 0.25) is 0 Å². The highest BCUT2D eigenvalue weighted by atomic mass is 35.7. The van der Waals surface area contributed by atoms with Crippen molar-refractivity contribution in [2.24, 2.45) is 0 Å². The van der Waals surface area contributed by atoms with Crippen molar-refractivity contribution in [3.63, 3.8) is 0 Å². The number of aryl methyl sites for hydroxylation is 1. The van der Waals surface area contributed by atoms with Crippen molar-refractivity contribution in [2.45, 2.75) is 24.7 Å². The van der Waals surface area contributed by atoms with E-state index in [1.54, 1.807) is 14.0 Å². The van der Waals surface area contributed by atoms with Gasteiger partial charge < -0.3 is 10.1 Å². The lowest BCUT2D eigenvalue weighted by molar-refractivity contribution is 0.0950. The zero-order chi connectivity index (χ0) is 15.2. The number of rotatable bonds is 7. The van der Waals surface area contributed by atoms with Crippen molar-refractivity contribution in [1.29, 1.82) is 0 Å². The molecule has 0 radical (unpaired) electrons. The van der Waals surface area contributed by atoms with Crippen LogP contribution in [0.1, 0.15) is 28.8 Å². The molecule has 1 aromatic rings. The van der Waals surface area contributed by atoms with Gasteiger partial charge in [0.25, 0.3) is 15.0 Å². The molecule has 0 aliphatic rings. The van der Waals surface area contributed by atoms with Gasteiger partial charge in [-0.2, -0.15) is 0 Å². The first kappa shape index (κ1) is 16.9. The summed E-state index contributed by atoms with van der Waals surface area (Å²) < 4.78 is 27.3. The molecular weight excluding hydrogens is 302 g/mol. The molecule has 1 rings (SSSR count). The van der Waals surface area contributed by atoms with Gasteiger partial charge in [-0.25, -0.2) is 8.42 Å². The molecule has 1 amide bonds. The second-order valence-electron chi connectivity index (χ2n) is 4.37. The van der Waals surface area contributed by atoms with Crippen LogP contribution in [0.2, 0.25) is 0 Å². The predicted octanol–water partition coefficient (Wildman–Crippen LogP) is 2.08. The van der Waals surface area contributed by atoms with Gasteiger partial charge >= 0.3 is 0 Å². The van der Waals surface area contributed by atoms with Crippen LogP contribution in [0.5, 0.6) is 0 Å². The third-order valence-corrected chi connectivity index (χ3v) is 4.14. The summed E-state index contributed by atoms with van der Waals surface area (Å²) in [4.78, 5) is 11.9. The maximum absolute atomic E-state index is 11.9. The van der Waals surface area contributed by atoms with Crippen molar-refractivity contribution >= 4 is 25.6 Å². The van der Waals surface area contributed by atoms with E-state index in [4.69, 9.17) is 15.4 Å². The Balaban J connectivity index is 2.65. The van der Waals surface area contributed by atoms with E-state index in [-0.39, 0.29) is 10.8 Å². The number of nitrogens with one attached hydrogen (secondary N) is 1. The average Bonchev–Trinajstić information content (AvgIpc) is 2.37. The molecule has 0 bridgehead atoms. The minimum atomic E-state index is -3.77. The Labute approximate surface area is 123 Å². The zero-order valence-electron chi connectivity index (χ0n) is 11.5. The molecule has 0 atom stereocenters. The highest BCUT2D eigenvalue weighted by Crippen LogP contribution is 2.18. The highest BCUT2D eigenvalue weighted by Gasteiger charge is 2.14. The maximum Gasteiger partial charge on any atom is 0.261 e. The van der Waals surface area contributed by atoms with Crippen LogP contribution in [-0.2, 0) is 13.8 Å². The van der Waals surface area contributed by atoms with Crippen LogP contribution >= 0.6 is 10.7 Å². The second kappa shape index (κ2) is 7.61. The lowest BCUT2D eigenvalue weighted by Crippen LogP contribution is -2.25. The SMILES string of the molecule is COCCCCNC(=O)c1ccc(S(=O)(=O)Cl)cc1C. The van der Waals surface area contributed by atoms with E-state index < -0.39 is 9.05 Å². The maximum atomic E-state index is 11.9. The number of hydrogen-bond acceptors (Lipinski definition) is 4. The number of halogens is 1. The summed E-state index contributed by atoms with van der Waals surface area (Å²) in [6, 6.07) is 4.19. The minimum Gasteiger partial charge on any atom is -0.385 e. The standard InChI is InChI=1S/C13H18ClNO4S/c1-10-9-11(20(14,17)18)5-6-12(10)13(16)15-7-3-4-8-19-2/h5-6,9H,3-4,7-8H2,1-2H3,(H,15,16). The fourth-order valence-electron chi connectivity index (χ4n) is 1.71. The van der Waals surface area contributed by atoms with Crippen LogP contribution in [0.15, 0.2) is 23.1 Å². The molecule has 112 valence electrons. The Morgan fingerprint density at radius 3 is 2.60 bits per heavy atom. The van der Waals surface area contributed by atoms with Crippen LogP contribution in [0, 0.1) is 6.92 Å². The van der Waals surface area contributed by atoms with Crippen molar-refractivity contribution in [3.8, 4) is 0 Å². The van der Waals surface area contributed by atoms with Crippen LogP contribution in [-0.4, -0.2) is 34.6 Å². The largest absolute Gasteiger partial charge is 0.385 e. The van der Waals surface area contributed by atoms with Crippen molar-refractivity contribution in [3.05, 3.63) is 29.3 Å². The Hall–Kier alpha value is -1.11. The third kappa shape index (κ3) is 5.11. The Kier molecular flexibility index (Phi) is 6.45. The van der Waals surface area contributed by atoms with Gasteiger partial charge in [-0.05, 0) is 43.5 Å². The van der Waals surface area contributed by atoms with E-state index in [0.717, 1.165) is 12.8 Å². The minimum absolute atomic E-state index is 0.00619. The first-order chi connectivity index (χ1) is 9.36. The molecule has 0 spiro atoms. The topological polar surface area (TPSA) is 72.5 Å². The number of amides is 1. The van der Waals surface area contributed by atoms with E-state index in [1.807, 2.05) is 0 Å².